The summed E-state index contributed by atoms with van der Waals surface area (Å²) in [6.45, 7) is 4.63. The average molecular weight is 354 g/mol. The summed E-state index contributed by atoms with van der Waals surface area (Å²) < 4.78 is 30.5. The fourth-order valence-corrected chi connectivity index (χ4v) is 4.13. The normalized spacial score (nSPS) is 30.2. The molecule has 3 aliphatic rings. The molecule has 3 atom stereocenters. The van der Waals surface area contributed by atoms with E-state index in [0.717, 1.165) is 0 Å². The number of nitrogens with one attached hydrogen (secondary N) is 2. The van der Waals surface area contributed by atoms with E-state index in [-0.39, 0.29) is 23.8 Å². The van der Waals surface area contributed by atoms with Crippen LogP contribution in [0.4, 0.5) is 11.6 Å². The number of aromatic nitrogens is 2. The number of carbonyl (C=O) groups is 1. The predicted octanol–water partition coefficient (Wildman–Crippen LogP) is -1.19. The van der Waals surface area contributed by atoms with Crippen LogP contribution in [0.2, 0.25) is 0 Å². The first kappa shape index (κ1) is 15.5. The monoisotopic (exact) mass is 354 g/mol. The zero-order valence-electron chi connectivity index (χ0n) is 13.2. The van der Waals surface area contributed by atoms with Crippen molar-refractivity contribution in [2.75, 3.05) is 23.3 Å². The number of nitrogens with zero attached hydrogens (tertiary/aromatic N) is 3. The number of hydrogen-bond donors (Lipinski definition) is 3. The number of rotatable bonds is 3. The van der Waals surface area contributed by atoms with E-state index in [0.29, 0.717) is 30.5 Å². The fourth-order valence-electron chi connectivity index (χ4n) is 3.40. The number of fused-ring (bicyclic) bond motifs is 2. The summed E-state index contributed by atoms with van der Waals surface area (Å²) in [6.07, 6.45) is 1.38. The third kappa shape index (κ3) is 2.48. The van der Waals surface area contributed by atoms with Gasteiger partial charge in [0.15, 0.2) is 17.2 Å². The highest BCUT2D eigenvalue weighted by Gasteiger charge is 2.57. The van der Waals surface area contributed by atoms with Gasteiger partial charge in [-0.05, 0) is 25.7 Å². The van der Waals surface area contributed by atoms with Crippen LogP contribution in [-0.2, 0) is 15.0 Å². The number of carbonyl (C=O) groups excluding carboxylic acids is 1. The molecule has 1 saturated carbocycles. The molecule has 0 spiro atoms. The number of ether oxygens (including phenoxy) is 1. The Morgan fingerprint density at radius 1 is 1.38 bits per heavy atom. The lowest BCUT2D eigenvalue weighted by Crippen LogP contribution is -2.46. The van der Waals surface area contributed by atoms with Crippen molar-refractivity contribution in [1.82, 2.24) is 14.7 Å². The first-order chi connectivity index (χ1) is 11.2. The molecule has 0 radical (unpaired) electrons. The van der Waals surface area contributed by atoms with Gasteiger partial charge >= 0.3 is 0 Å². The summed E-state index contributed by atoms with van der Waals surface area (Å²) in [4.78, 5) is 22.3. The molecular weight excluding hydrogens is 336 g/mol. The van der Waals surface area contributed by atoms with Gasteiger partial charge in [0.25, 0.3) is 16.1 Å². The second kappa shape index (κ2) is 4.77. The van der Waals surface area contributed by atoms with E-state index >= 15 is 0 Å². The lowest BCUT2D eigenvalue weighted by atomic mass is 10.1. The Bertz CT molecular complexity index is 814. The van der Waals surface area contributed by atoms with Crippen LogP contribution in [0.25, 0.3) is 0 Å². The van der Waals surface area contributed by atoms with Crippen LogP contribution in [-0.4, -0.2) is 49.0 Å². The maximum Gasteiger partial charge on any atom is 0.274 e. The number of hydrogen-bond acceptors (Lipinski definition) is 7. The first-order valence-corrected chi connectivity index (χ1v) is 9.11. The van der Waals surface area contributed by atoms with Crippen LogP contribution in [0.3, 0.4) is 0 Å². The van der Waals surface area contributed by atoms with Crippen molar-refractivity contribution in [2.24, 2.45) is 17.0 Å². The highest BCUT2D eigenvalue weighted by Crippen LogP contribution is 2.49. The summed E-state index contributed by atoms with van der Waals surface area (Å²) in [5.41, 5.74) is -1.01. The summed E-state index contributed by atoms with van der Waals surface area (Å²) in [5.74, 6) is 1.53. The van der Waals surface area contributed by atoms with E-state index in [2.05, 4.69) is 20.0 Å². The Morgan fingerprint density at radius 2 is 2.04 bits per heavy atom. The largest absolute Gasteiger partial charge is 0.470 e. The third-order valence-corrected chi connectivity index (χ3v) is 5.32. The maximum absolute atomic E-state index is 12.0. The molecule has 1 amide bonds. The van der Waals surface area contributed by atoms with Crippen LogP contribution < -0.4 is 24.8 Å². The molecule has 4 rings (SSSR count). The molecule has 1 aromatic heterocycles. The summed E-state index contributed by atoms with van der Waals surface area (Å²) in [7, 11) is -3.69. The van der Waals surface area contributed by atoms with Crippen LogP contribution in [0.15, 0.2) is 6.33 Å². The van der Waals surface area contributed by atoms with Crippen molar-refractivity contribution in [2.45, 2.75) is 25.5 Å². The van der Waals surface area contributed by atoms with Gasteiger partial charge in [0.1, 0.15) is 6.33 Å². The molecule has 0 aromatic carbocycles. The molecule has 1 unspecified atom stereocenters. The minimum atomic E-state index is -3.69. The van der Waals surface area contributed by atoms with Gasteiger partial charge in [-0.15, -0.1) is 0 Å². The molecule has 24 heavy (non-hydrogen) atoms. The minimum Gasteiger partial charge on any atom is -0.470 e. The van der Waals surface area contributed by atoms with Gasteiger partial charge in [0, 0.05) is 19.1 Å². The highest BCUT2D eigenvalue weighted by molar-refractivity contribution is 7.87. The topological polar surface area (TPSA) is 140 Å². The summed E-state index contributed by atoms with van der Waals surface area (Å²) in [6, 6.07) is -0.119. The first-order valence-electron chi connectivity index (χ1n) is 7.56. The number of amides is 1. The van der Waals surface area contributed by atoms with Crippen molar-refractivity contribution >= 4 is 27.8 Å². The number of piperidine rings is 1. The molecule has 2 aliphatic heterocycles. The highest BCUT2D eigenvalue weighted by atomic mass is 32.2. The zero-order valence-corrected chi connectivity index (χ0v) is 14.0. The van der Waals surface area contributed by atoms with E-state index in [4.69, 9.17) is 9.88 Å². The van der Waals surface area contributed by atoms with Crippen molar-refractivity contribution < 1.29 is 17.9 Å². The Morgan fingerprint density at radius 3 is 2.67 bits per heavy atom. The molecule has 11 heteroatoms. The second-order valence-corrected chi connectivity index (χ2v) is 8.19. The number of nitrogens with two attached hydrogens (primary N) is 1. The van der Waals surface area contributed by atoms with Gasteiger partial charge in [-0.1, -0.05) is 0 Å². The molecular formula is C13H18N6O4S. The lowest BCUT2D eigenvalue weighted by Gasteiger charge is -2.33. The Kier molecular flexibility index (Phi) is 3.09. The van der Waals surface area contributed by atoms with Crippen LogP contribution in [0.1, 0.15) is 13.8 Å². The maximum atomic E-state index is 12.0. The average Bonchev–Trinajstić information content (AvgIpc) is 2.91. The van der Waals surface area contributed by atoms with Crippen LogP contribution in [0.5, 0.6) is 5.75 Å². The minimum absolute atomic E-state index is 0.119. The molecule has 130 valence electrons. The van der Waals surface area contributed by atoms with E-state index in [9.17, 15) is 13.2 Å². The molecule has 10 nitrogen and oxygen atoms in total. The van der Waals surface area contributed by atoms with E-state index in [1.807, 2.05) is 4.90 Å². The van der Waals surface area contributed by atoms with Crippen molar-refractivity contribution in [3.63, 3.8) is 0 Å². The van der Waals surface area contributed by atoms with Gasteiger partial charge < -0.3 is 15.0 Å². The van der Waals surface area contributed by atoms with Crippen molar-refractivity contribution in [3.05, 3.63) is 6.33 Å². The molecule has 1 aromatic rings. The molecule has 2 fully saturated rings. The predicted molar refractivity (Wildman–Crippen MR) is 84.6 cm³/mol. The van der Waals surface area contributed by atoms with Crippen LogP contribution >= 0.6 is 0 Å². The second-order valence-electron chi connectivity index (χ2n) is 6.86. The fraction of sp³-hybridized carbons (Fsp3) is 0.615. The molecule has 1 aliphatic carbocycles. The van der Waals surface area contributed by atoms with Crippen LogP contribution in [0, 0.1) is 11.8 Å². The zero-order chi connectivity index (χ0) is 17.3. The SMILES string of the molecule is CC1(C)Oc2c(ncnc2N2C[C@@H]3C(NS(N)(=O)=O)[C@@H]3C2)NC1=O. The summed E-state index contributed by atoms with van der Waals surface area (Å²) >= 11 is 0. The van der Waals surface area contributed by atoms with E-state index < -0.39 is 15.8 Å². The van der Waals surface area contributed by atoms with Gasteiger partial charge in [0.2, 0.25) is 5.75 Å². The Labute approximate surface area is 139 Å². The molecule has 1 saturated heterocycles. The molecule has 0 bridgehead atoms. The molecule has 3 heterocycles. The Hall–Kier alpha value is -1.98. The van der Waals surface area contributed by atoms with E-state index in [1.165, 1.54) is 6.33 Å². The van der Waals surface area contributed by atoms with Gasteiger partial charge in [-0.2, -0.15) is 13.1 Å². The van der Waals surface area contributed by atoms with Crippen molar-refractivity contribution in [3.8, 4) is 5.75 Å². The smallest absolute Gasteiger partial charge is 0.274 e. The van der Waals surface area contributed by atoms with Crippen molar-refractivity contribution in [1.29, 1.82) is 0 Å². The lowest BCUT2D eigenvalue weighted by molar-refractivity contribution is -0.129. The summed E-state index contributed by atoms with van der Waals surface area (Å²) in [5, 5.41) is 7.75. The molecule has 4 N–H and O–H groups in total. The standard InChI is InChI=1S/C13H18N6O4S/c1-13(2)12(20)17-10-9(23-13)11(16-5-15-10)19-3-6-7(4-19)8(6)18-24(14,21)22/h5-8,18H,3-4H2,1-2H3,(H2,14,21,22)(H,15,16,17,20)/t6-,7+,8?. The van der Waals surface area contributed by atoms with Gasteiger partial charge in [0.05, 0.1) is 0 Å². The van der Waals surface area contributed by atoms with Gasteiger partial charge in [-0.3, -0.25) is 4.79 Å². The third-order valence-electron chi connectivity index (χ3n) is 4.71. The van der Waals surface area contributed by atoms with E-state index in [1.54, 1.807) is 13.8 Å². The number of anilines is 2. The quantitative estimate of drug-likeness (QED) is 0.620. The van der Waals surface area contributed by atoms with Gasteiger partial charge in [-0.25, -0.2) is 15.1 Å². The Balaban J connectivity index is 1.54.